The number of aliphatic hydroxyl groups is 1. The van der Waals surface area contributed by atoms with Gasteiger partial charge < -0.3 is 19.3 Å². The predicted molar refractivity (Wildman–Crippen MR) is 91.0 cm³/mol. The molecule has 0 radical (unpaired) electrons. The quantitative estimate of drug-likeness (QED) is 0.881. The number of benzene rings is 1. The van der Waals surface area contributed by atoms with E-state index in [4.69, 9.17) is 14.2 Å². The van der Waals surface area contributed by atoms with E-state index in [2.05, 4.69) is 10.00 Å². The van der Waals surface area contributed by atoms with Crippen LogP contribution < -0.4 is 14.2 Å². The Hall–Kier alpha value is -2.25. The normalized spacial score (nSPS) is 23.0. The van der Waals surface area contributed by atoms with Gasteiger partial charge in [0.05, 0.1) is 12.4 Å². The fourth-order valence-electron chi connectivity index (χ4n) is 3.28. The van der Waals surface area contributed by atoms with Gasteiger partial charge in [-0.15, -0.1) is 0 Å². The van der Waals surface area contributed by atoms with E-state index in [-0.39, 0.29) is 6.10 Å². The third kappa shape index (κ3) is 3.57. The molecule has 25 heavy (non-hydrogen) atoms. The summed E-state index contributed by atoms with van der Waals surface area (Å²) < 4.78 is 18.9. The highest BCUT2D eigenvalue weighted by molar-refractivity contribution is 5.43. The van der Waals surface area contributed by atoms with E-state index in [1.54, 1.807) is 6.20 Å². The van der Waals surface area contributed by atoms with Gasteiger partial charge in [0.1, 0.15) is 25.4 Å². The number of fused-ring (bicyclic) bond motifs is 1. The molecule has 0 aliphatic carbocycles. The van der Waals surface area contributed by atoms with E-state index in [9.17, 15) is 5.11 Å². The molecule has 0 saturated carbocycles. The zero-order chi connectivity index (χ0) is 17.2. The summed E-state index contributed by atoms with van der Waals surface area (Å²) in [6, 6.07) is 6.00. The molecule has 1 saturated heterocycles. The first-order valence-electron chi connectivity index (χ1n) is 8.69. The van der Waals surface area contributed by atoms with E-state index in [0.717, 1.165) is 30.2 Å². The lowest BCUT2D eigenvalue weighted by Crippen LogP contribution is -2.29. The molecule has 1 aromatic heterocycles. The number of aryl methyl sites for hydroxylation is 1. The highest BCUT2D eigenvalue weighted by Gasteiger charge is 2.33. The molecule has 0 bridgehead atoms. The Morgan fingerprint density at radius 3 is 2.88 bits per heavy atom. The molecule has 7 nitrogen and oxygen atoms in total. The molecule has 0 amide bonds. The Bertz CT molecular complexity index is 733. The van der Waals surface area contributed by atoms with Gasteiger partial charge in [0.2, 0.25) is 0 Å². The van der Waals surface area contributed by atoms with Crippen molar-refractivity contribution in [2.24, 2.45) is 0 Å². The van der Waals surface area contributed by atoms with Crippen LogP contribution in [-0.2, 0) is 13.1 Å². The molecular weight excluding hydrogens is 322 g/mol. The topological polar surface area (TPSA) is 69.0 Å². The summed E-state index contributed by atoms with van der Waals surface area (Å²) >= 11 is 0. The van der Waals surface area contributed by atoms with Crippen molar-refractivity contribution in [2.45, 2.75) is 32.2 Å². The number of rotatable bonds is 5. The highest BCUT2D eigenvalue weighted by Crippen LogP contribution is 2.31. The zero-order valence-electron chi connectivity index (χ0n) is 14.3. The molecule has 2 aliphatic heterocycles. The Morgan fingerprint density at radius 1 is 1.24 bits per heavy atom. The number of aromatic nitrogens is 2. The van der Waals surface area contributed by atoms with Crippen molar-refractivity contribution in [3.05, 3.63) is 36.2 Å². The predicted octanol–water partition coefficient (Wildman–Crippen LogP) is 1.30. The molecule has 2 aromatic rings. The van der Waals surface area contributed by atoms with Crippen LogP contribution in [0.5, 0.6) is 17.2 Å². The summed E-state index contributed by atoms with van der Waals surface area (Å²) in [4.78, 5) is 2.19. The highest BCUT2D eigenvalue weighted by atomic mass is 16.6. The van der Waals surface area contributed by atoms with Crippen LogP contribution in [0.3, 0.4) is 0 Å². The van der Waals surface area contributed by atoms with Crippen LogP contribution in [0.15, 0.2) is 30.6 Å². The lowest BCUT2D eigenvalue weighted by atomic mass is 10.2. The number of hydrogen-bond acceptors (Lipinski definition) is 6. The first-order chi connectivity index (χ1) is 12.2. The molecule has 2 atom stereocenters. The lowest BCUT2D eigenvalue weighted by Gasteiger charge is -2.20. The van der Waals surface area contributed by atoms with Gasteiger partial charge in [-0.05, 0) is 24.6 Å². The van der Waals surface area contributed by atoms with Gasteiger partial charge in [0.25, 0.3) is 0 Å². The number of hydrogen-bond donors (Lipinski definition) is 1. The minimum Gasteiger partial charge on any atom is -0.486 e. The van der Waals surface area contributed by atoms with Gasteiger partial charge in [-0.25, -0.2) is 0 Å². The van der Waals surface area contributed by atoms with E-state index in [0.29, 0.717) is 32.1 Å². The average molecular weight is 345 g/mol. The SMILES string of the molecule is CCn1cc(O[C@@H]2CN(Cc3ccc4c(c3)OCCO4)C[C@H]2O)cn1. The summed E-state index contributed by atoms with van der Waals surface area (Å²) in [7, 11) is 0. The van der Waals surface area contributed by atoms with Crippen molar-refractivity contribution < 1.29 is 19.3 Å². The van der Waals surface area contributed by atoms with Crippen molar-refractivity contribution >= 4 is 0 Å². The van der Waals surface area contributed by atoms with Crippen molar-refractivity contribution in [1.29, 1.82) is 0 Å². The molecular formula is C18H23N3O4. The van der Waals surface area contributed by atoms with Gasteiger partial charge in [0.15, 0.2) is 17.2 Å². The number of β-amino-alcohol motifs (C(OH)–C–C–N with tert-alkyl or cyclic N) is 1. The minimum atomic E-state index is -0.512. The Morgan fingerprint density at radius 2 is 2.08 bits per heavy atom. The summed E-state index contributed by atoms with van der Waals surface area (Å²) in [5, 5.41) is 14.5. The van der Waals surface area contributed by atoms with Crippen LogP contribution in [-0.4, -0.2) is 58.3 Å². The molecule has 0 spiro atoms. The van der Waals surface area contributed by atoms with E-state index < -0.39 is 6.10 Å². The summed E-state index contributed by atoms with van der Waals surface area (Å²) in [5.74, 6) is 2.29. The minimum absolute atomic E-state index is 0.244. The van der Waals surface area contributed by atoms with Crippen molar-refractivity contribution in [1.82, 2.24) is 14.7 Å². The van der Waals surface area contributed by atoms with Gasteiger partial charge >= 0.3 is 0 Å². The number of ether oxygens (including phenoxy) is 3. The van der Waals surface area contributed by atoms with Crippen molar-refractivity contribution in [2.75, 3.05) is 26.3 Å². The number of nitrogens with zero attached hydrogens (tertiary/aromatic N) is 3. The van der Waals surface area contributed by atoms with Gasteiger partial charge in [0, 0.05) is 26.2 Å². The molecule has 2 aliphatic rings. The fourth-order valence-corrected chi connectivity index (χ4v) is 3.28. The second kappa shape index (κ2) is 6.93. The monoisotopic (exact) mass is 345 g/mol. The lowest BCUT2D eigenvalue weighted by molar-refractivity contribution is 0.0736. The Kier molecular flexibility index (Phi) is 4.50. The third-order valence-corrected chi connectivity index (χ3v) is 4.55. The van der Waals surface area contributed by atoms with Gasteiger partial charge in [-0.1, -0.05) is 6.07 Å². The molecule has 0 unspecified atom stereocenters. The van der Waals surface area contributed by atoms with Gasteiger partial charge in [-0.2, -0.15) is 5.10 Å². The summed E-state index contributed by atoms with van der Waals surface area (Å²) in [6.07, 6.45) is 2.80. The molecule has 4 rings (SSSR count). The smallest absolute Gasteiger partial charge is 0.161 e. The molecule has 134 valence electrons. The van der Waals surface area contributed by atoms with Crippen LogP contribution >= 0.6 is 0 Å². The maximum atomic E-state index is 10.3. The number of aliphatic hydroxyl groups excluding tert-OH is 1. The van der Waals surface area contributed by atoms with Crippen molar-refractivity contribution in [3.63, 3.8) is 0 Å². The van der Waals surface area contributed by atoms with Crippen molar-refractivity contribution in [3.8, 4) is 17.2 Å². The maximum Gasteiger partial charge on any atom is 0.161 e. The summed E-state index contributed by atoms with van der Waals surface area (Å²) in [5.41, 5.74) is 1.14. The van der Waals surface area contributed by atoms with Crippen LogP contribution in [0.1, 0.15) is 12.5 Å². The molecule has 1 aromatic carbocycles. The van der Waals surface area contributed by atoms with E-state index in [1.165, 1.54) is 0 Å². The second-order valence-electron chi connectivity index (χ2n) is 6.43. The summed E-state index contributed by atoms with van der Waals surface area (Å²) in [6.45, 7) is 6.00. The second-order valence-corrected chi connectivity index (χ2v) is 6.43. The molecule has 1 fully saturated rings. The van der Waals surface area contributed by atoms with Crippen LogP contribution in [0, 0.1) is 0 Å². The first kappa shape index (κ1) is 16.2. The van der Waals surface area contributed by atoms with Gasteiger partial charge in [-0.3, -0.25) is 9.58 Å². The largest absolute Gasteiger partial charge is 0.486 e. The third-order valence-electron chi connectivity index (χ3n) is 4.55. The zero-order valence-corrected chi connectivity index (χ0v) is 14.3. The molecule has 3 heterocycles. The Labute approximate surface area is 146 Å². The average Bonchev–Trinajstić information content (AvgIpc) is 3.22. The van der Waals surface area contributed by atoms with E-state index >= 15 is 0 Å². The Balaban J connectivity index is 1.37. The molecule has 7 heteroatoms. The standard InChI is InChI=1S/C18H23N3O4/c1-2-21-10-14(8-19-21)25-18-12-20(11-15(18)22)9-13-3-4-16-17(7-13)24-6-5-23-16/h3-4,7-8,10,15,18,22H,2,5-6,9,11-12H2,1H3/t15-,18-/m1/s1. The maximum absolute atomic E-state index is 10.3. The fraction of sp³-hybridized carbons (Fsp3) is 0.500. The number of likely N-dealkylation sites (tertiary alicyclic amines) is 1. The first-order valence-corrected chi connectivity index (χ1v) is 8.69. The van der Waals surface area contributed by atoms with Crippen LogP contribution in [0.4, 0.5) is 0 Å². The van der Waals surface area contributed by atoms with E-state index in [1.807, 2.05) is 36.0 Å². The molecule has 1 N–H and O–H groups in total. The van der Waals surface area contributed by atoms with Crippen LogP contribution in [0.25, 0.3) is 0 Å². The van der Waals surface area contributed by atoms with Crippen LogP contribution in [0.2, 0.25) is 0 Å².